The molecule has 1 unspecified atom stereocenters. The Labute approximate surface area is 122 Å². The lowest BCUT2D eigenvalue weighted by Gasteiger charge is -2.44. The number of hydrogen-bond acceptors (Lipinski definition) is 5. The molecule has 1 fully saturated rings. The summed E-state index contributed by atoms with van der Waals surface area (Å²) in [6.45, 7) is 7.58. The molecular formula is C13H17NO3S2. The first kappa shape index (κ1) is 14.6. The third kappa shape index (κ3) is 2.32. The van der Waals surface area contributed by atoms with Crippen molar-refractivity contribution in [3.63, 3.8) is 0 Å². The minimum Gasteiger partial charge on any atom is -0.478 e. The van der Waals surface area contributed by atoms with Gasteiger partial charge in [0, 0.05) is 4.91 Å². The normalized spacial score (nSPS) is 26.9. The van der Waals surface area contributed by atoms with E-state index in [0.717, 1.165) is 11.3 Å². The molecule has 0 aromatic heterocycles. The molecule has 0 saturated carbocycles. The monoisotopic (exact) mass is 299 g/mol. The van der Waals surface area contributed by atoms with Gasteiger partial charge in [-0.3, -0.25) is 9.69 Å². The van der Waals surface area contributed by atoms with E-state index in [-0.39, 0.29) is 17.2 Å². The maximum Gasteiger partial charge on any atom is 0.236 e. The van der Waals surface area contributed by atoms with Gasteiger partial charge in [0.15, 0.2) is 0 Å². The van der Waals surface area contributed by atoms with Gasteiger partial charge in [0.05, 0.1) is 12.0 Å². The average molecular weight is 299 g/mol. The zero-order valence-electron chi connectivity index (χ0n) is 11.0. The Hall–Kier alpha value is -0.850. The maximum absolute atomic E-state index is 12.1. The van der Waals surface area contributed by atoms with E-state index in [4.69, 9.17) is 17.0 Å². The minimum absolute atomic E-state index is 0.0391. The Morgan fingerprint density at radius 3 is 2.95 bits per heavy atom. The van der Waals surface area contributed by atoms with Crippen LogP contribution in [0.3, 0.4) is 0 Å². The molecule has 0 bridgehead atoms. The first-order chi connectivity index (χ1) is 9.02. The van der Waals surface area contributed by atoms with Gasteiger partial charge >= 0.3 is 0 Å². The number of hydrogen-bond donors (Lipinski definition) is 1. The van der Waals surface area contributed by atoms with Crippen LogP contribution in [-0.4, -0.2) is 39.0 Å². The fourth-order valence-corrected chi connectivity index (χ4v) is 4.22. The Morgan fingerprint density at radius 2 is 2.42 bits per heavy atom. The van der Waals surface area contributed by atoms with Crippen molar-refractivity contribution in [2.45, 2.75) is 31.7 Å². The van der Waals surface area contributed by atoms with Crippen molar-refractivity contribution in [2.75, 3.05) is 6.61 Å². The molecule has 0 aromatic carbocycles. The molecule has 2 aliphatic heterocycles. The summed E-state index contributed by atoms with van der Waals surface area (Å²) in [6.07, 6.45) is 1.78. The molecule has 0 radical (unpaired) electrons. The summed E-state index contributed by atoms with van der Waals surface area (Å²) in [4.78, 5) is 14.8. The van der Waals surface area contributed by atoms with Crippen molar-refractivity contribution < 1.29 is 14.6 Å². The van der Waals surface area contributed by atoms with E-state index in [1.54, 1.807) is 29.7 Å². The highest BCUT2D eigenvalue weighted by Crippen LogP contribution is 2.51. The fraction of sp³-hybridized carbons (Fsp3) is 0.538. The zero-order chi connectivity index (χ0) is 14.2. The van der Waals surface area contributed by atoms with E-state index in [1.807, 2.05) is 6.92 Å². The predicted octanol–water partition coefficient (Wildman–Crippen LogP) is 2.05. The number of allylic oxidation sites excluding steroid dienone is 1. The number of fused-ring (bicyclic) bond motifs is 1. The van der Waals surface area contributed by atoms with Gasteiger partial charge in [0.2, 0.25) is 11.0 Å². The van der Waals surface area contributed by atoms with Crippen LogP contribution in [-0.2, 0) is 9.53 Å². The third-order valence-corrected chi connectivity index (χ3v) is 5.04. The number of carbonyl (C=O) groups is 1. The van der Waals surface area contributed by atoms with E-state index >= 15 is 0 Å². The van der Waals surface area contributed by atoms with Gasteiger partial charge < -0.3 is 9.84 Å². The summed E-state index contributed by atoms with van der Waals surface area (Å²) in [5.41, 5.74) is 0.705. The lowest BCUT2D eigenvalue weighted by Crippen LogP contribution is -2.60. The van der Waals surface area contributed by atoms with Crippen molar-refractivity contribution in [1.82, 2.24) is 4.90 Å². The number of aliphatic hydroxyl groups is 1. The largest absolute Gasteiger partial charge is 0.478 e. The highest BCUT2D eigenvalue weighted by atomic mass is 32.2. The second-order valence-electron chi connectivity index (χ2n) is 4.50. The standard InChI is InChI=1S/C13H17NO3S2/c1-4-6-17-13(18)10-8(5-2)19-12-9(7(3)15)11(16)14(10)12/h4,7,9,12,15H,1,5-6H2,2-3H3/t7?,9-,12-/m1/s1. The summed E-state index contributed by atoms with van der Waals surface area (Å²) in [5.74, 6) is -0.415. The number of amides is 1. The number of carbonyl (C=O) groups excluding carboxylic acids is 1. The Morgan fingerprint density at radius 1 is 1.74 bits per heavy atom. The summed E-state index contributed by atoms with van der Waals surface area (Å²) in [5, 5.41) is 9.96. The first-order valence-electron chi connectivity index (χ1n) is 6.21. The number of ether oxygens (including phenoxy) is 1. The van der Waals surface area contributed by atoms with Gasteiger partial charge in [0.25, 0.3) is 0 Å². The van der Waals surface area contributed by atoms with Gasteiger partial charge in [-0.25, -0.2) is 0 Å². The predicted molar refractivity (Wildman–Crippen MR) is 79.5 cm³/mol. The van der Waals surface area contributed by atoms with Gasteiger partial charge in [-0.1, -0.05) is 19.6 Å². The molecule has 1 amide bonds. The molecule has 19 heavy (non-hydrogen) atoms. The number of thioether (sulfide) groups is 1. The van der Waals surface area contributed by atoms with Crippen molar-refractivity contribution in [3.8, 4) is 0 Å². The lowest BCUT2D eigenvalue weighted by atomic mass is 9.92. The van der Waals surface area contributed by atoms with Crippen LogP contribution in [0.5, 0.6) is 0 Å². The SMILES string of the molecule is C=CCOC(=S)C1=C(CC)S[C@@H]2[C@H](C(C)O)C(=O)N12. The second-order valence-corrected chi connectivity index (χ2v) is 6.08. The zero-order valence-corrected chi connectivity index (χ0v) is 12.6. The summed E-state index contributed by atoms with van der Waals surface area (Å²) < 4.78 is 5.39. The van der Waals surface area contributed by atoms with Crippen molar-refractivity contribution in [2.24, 2.45) is 5.92 Å². The number of nitrogens with zero attached hydrogens (tertiary/aromatic N) is 1. The van der Waals surface area contributed by atoms with Crippen molar-refractivity contribution >= 4 is 34.9 Å². The maximum atomic E-state index is 12.1. The molecule has 2 aliphatic rings. The molecule has 3 atom stereocenters. The van der Waals surface area contributed by atoms with Gasteiger partial charge in [-0.05, 0) is 25.6 Å². The second kappa shape index (κ2) is 5.64. The molecule has 6 heteroatoms. The fourth-order valence-electron chi connectivity index (χ4n) is 2.30. The lowest BCUT2D eigenvalue weighted by molar-refractivity contribution is -0.151. The molecule has 0 aromatic rings. The summed E-state index contributed by atoms with van der Waals surface area (Å²) in [6, 6.07) is 0. The van der Waals surface area contributed by atoms with Crippen LogP contribution in [0.1, 0.15) is 20.3 Å². The molecule has 1 saturated heterocycles. The van der Waals surface area contributed by atoms with Crippen LogP contribution in [0, 0.1) is 5.92 Å². The van der Waals surface area contributed by atoms with Gasteiger partial charge in [0.1, 0.15) is 17.7 Å². The van der Waals surface area contributed by atoms with E-state index in [2.05, 4.69) is 6.58 Å². The molecule has 2 rings (SSSR count). The Kier molecular flexibility index (Phi) is 4.32. The Balaban J connectivity index is 2.20. The molecule has 104 valence electrons. The summed E-state index contributed by atoms with van der Waals surface area (Å²) >= 11 is 6.85. The molecule has 2 heterocycles. The van der Waals surface area contributed by atoms with Crippen molar-refractivity contribution in [3.05, 3.63) is 23.3 Å². The molecule has 4 nitrogen and oxygen atoms in total. The van der Waals surface area contributed by atoms with Crippen molar-refractivity contribution in [1.29, 1.82) is 0 Å². The quantitative estimate of drug-likeness (QED) is 0.478. The van der Waals surface area contributed by atoms with Crippen LogP contribution >= 0.6 is 24.0 Å². The van der Waals surface area contributed by atoms with E-state index in [0.29, 0.717) is 17.4 Å². The molecular weight excluding hydrogens is 282 g/mol. The highest BCUT2D eigenvalue weighted by molar-refractivity contribution is 8.04. The molecule has 1 N–H and O–H groups in total. The number of β-lactam (4-membered cyclic amide) rings is 1. The van der Waals surface area contributed by atoms with E-state index in [1.165, 1.54) is 0 Å². The smallest absolute Gasteiger partial charge is 0.236 e. The van der Waals surface area contributed by atoms with E-state index in [9.17, 15) is 9.90 Å². The molecule has 0 spiro atoms. The van der Waals surface area contributed by atoms with Crippen LogP contribution in [0.4, 0.5) is 0 Å². The Bertz CT molecular complexity index is 459. The van der Waals surface area contributed by atoms with Crippen LogP contribution in [0.2, 0.25) is 0 Å². The van der Waals surface area contributed by atoms with Gasteiger partial charge in [-0.15, -0.1) is 11.8 Å². The number of rotatable bonds is 5. The van der Waals surface area contributed by atoms with E-state index < -0.39 is 6.10 Å². The van der Waals surface area contributed by atoms with Crippen LogP contribution in [0.25, 0.3) is 0 Å². The molecule has 0 aliphatic carbocycles. The van der Waals surface area contributed by atoms with Crippen LogP contribution in [0.15, 0.2) is 23.3 Å². The van der Waals surface area contributed by atoms with Gasteiger partial charge in [-0.2, -0.15) is 0 Å². The number of thiocarbonyl (C=S) groups is 1. The third-order valence-electron chi connectivity index (χ3n) is 3.22. The average Bonchev–Trinajstić information content (AvgIpc) is 2.69. The summed E-state index contributed by atoms with van der Waals surface area (Å²) in [7, 11) is 0. The first-order valence-corrected chi connectivity index (χ1v) is 7.50. The number of aliphatic hydroxyl groups excluding tert-OH is 1. The minimum atomic E-state index is -0.638. The van der Waals surface area contributed by atoms with Crippen LogP contribution < -0.4 is 0 Å². The topological polar surface area (TPSA) is 49.8 Å². The highest BCUT2D eigenvalue weighted by Gasteiger charge is 2.56.